The monoisotopic (exact) mass is 247 g/mol. The molecule has 6 heteroatoms. The summed E-state index contributed by atoms with van der Waals surface area (Å²) >= 11 is 1.52. The summed E-state index contributed by atoms with van der Waals surface area (Å²) in [5, 5.41) is 8.99. The van der Waals surface area contributed by atoms with E-state index in [1.807, 2.05) is 13.8 Å². The second-order valence-corrected chi connectivity index (χ2v) is 5.21. The van der Waals surface area contributed by atoms with Crippen molar-refractivity contribution >= 4 is 23.6 Å². The lowest BCUT2D eigenvalue weighted by molar-refractivity contribution is -0.151. The number of amides is 1. The van der Waals surface area contributed by atoms with Gasteiger partial charge in [0, 0.05) is 12.9 Å². The van der Waals surface area contributed by atoms with Gasteiger partial charge in [0.25, 0.3) is 0 Å². The Balaban J connectivity index is 2.84. The standard InChI is InChI=1S/C10H17NO4S/c1-6(2)9-11(8(12)4-15-3)7(5-16-9)10(13)14/h6-7,9H,4-5H2,1-3H3,(H,13,14). The maximum atomic E-state index is 11.8. The van der Waals surface area contributed by atoms with Gasteiger partial charge in [0.1, 0.15) is 12.6 Å². The Kier molecular flexibility index (Phi) is 4.61. The van der Waals surface area contributed by atoms with Crippen LogP contribution in [-0.4, -0.2) is 52.8 Å². The molecule has 0 aromatic carbocycles. The number of rotatable bonds is 4. The highest BCUT2D eigenvalue weighted by atomic mass is 32.2. The first kappa shape index (κ1) is 13.3. The summed E-state index contributed by atoms with van der Waals surface area (Å²) in [6, 6.07) is -0.722. The van der Waals surface area contributed by atoms with E-state index in [0.717, 1.165) is 0 Å². The Morgan fingerprint density at radius 1 is 1.56 bits per heavy atom. The van der Waals surface area contributed by atoms with Crippen LogP contribution in [0.4, 0.5) is 0 Å². The molecule has 1 N–H and O–H groups in total. The van der Waals surface area contributed by atoms with E-state index in [1.54, 1.807) is 0 Å². The van der Waals surface area contributed by atoms with Gasteiger partial charge in [-0.05, 0) is 5.92 Å². The first-order valence-electron chi connectivity index (χ1n) is 5.13. The SMILES string of the molecule is COCC(=O)N1C(C(=O)O)CSC1C(C)C. The maximum absolute atomic E-state index is 11.8. The minimum Gasteiger partial charge on any atom is -0.480 e. The number of hydrogen-bond acceptors (Lipinski definition) is 4. The fourth-order valence-electron chi connectivity index (χ4n) is 1.75. The smallest absolute Gasteiger partial charge is 0.327 e. The van der Waals surface area contributed by atoms with E-state index in [1.165, 1.54) is 23.8 Å². The zero-order valence-corrected chi connectivity index (χ0v) is 10.5. The van der Waals surface area contributed by atoms with Gasteiger partial charge in [-0.2, -0.15) is 0 Å². The second kappa shape index (κ2) is 5.54. The summed E-state index contributed by atoms with van der Waals surface area (Å²) in [6.07, 6.45) is 0. The largest absolute Gasteiger partial charge is 0.480 e. The molecule has 0 bridgehead atoms. The van der Waals surface area contributed by atoms with Crippen LogP contribution in [-0.2, 0) is 14.3 Å². The van der Waals surface area contributed by atoms with Crippen LogP contribution in [0.5, 0.6) is 0 Å². The number of carboxylic acid groups (broad SMARTS) is 1. The summed E-state index contributed by atoms with van der Waals surface area (Å²) in [5.74, 6) is -0.512. The zero-order chi connectivity index (χ0) is 12.3. The Labute approximate surface area is 99.1 Å². The minimum absolute atomic E-state index is 0.0619. The van der Waals surface area contributed by atoms with Gasteiger partial charge < -0.3 is 14.7 Å². The van der Waals surface area contributed by atoms with Gasteiger partial charge in [0.2, 0.25) is 5.91 Å². The van der Waals surface area contributed by atoms with Crippen LogP contribution in [0.15, 0.2) is 0 Å². The third-order valence-electron chi connectivity index (χ3n) is 2.45. The molecule has 1 heterocycles. The number of nitrogens with zero attached hydrogens (tertiary/aromatic N) is 1. The lowest BCUT2D eigenvalue weighted by Gasteiger charge is -2.29. The predicted molar refractivity (Wildman–Crippen MR) is 61.2 cm³/mol. The number of carbonyl (C=O) groups is 2. The number of ether oxygens (including phenoxy) is 1. The molecule has 0 aliphatic carbocycles. The molecule has 1 rings (SSSR count). The van der Waals surface area contributed by atoms with Crippen LogP contribution in [0.1, 0.15) is 13.8 Å². The molecule has 1 fully saturated rings. The first-order valence-corrected chi connectivity index (χ1v) is 6.18. The lowest BCUT2D eigenvalue weighted by atomic mass is 10.1. The van der Waals surface area contributed by atoms with Crippen molar-refractivity contribution in [3.8, 4) is 0 Å². The topological polar surface area (TPSA) is 66.8 Å². The van der Waals surface area contributed by atoms with Crippen molar-refractivity contribution in [2.75, 3.05) is 19.5 Å². The number of thioether (sulfide) groups is 1. The average Bonchev–Trinajstić information content (AvgIpc) is 2.61. The maximum Gasteiger partial charge on any atom is 0.327 e. The molecular weight excluding hydrogens is 230 g/mol. The fraction of sp³-hybridized carbons (Fsp3) is 0.800. The van der Waals surface area contributed by atoms with Crippen LogP contribution >= 0.6 is 11.8 Å². The molecular formula is C10H17NO4S. The number of carboxylic acids is 1. The van der Waals surface area contributed by atoms with Crippen LogP contribution in [0.25, 0.3) is 0 Å². The van der Waals surface area contributed by atoms with E-state index in [-0.39, 0.29) is 23.8 Å². The molecule has 92 valence electrons. The van der Waals surface area contributed by atoms with Crippen molar-refractivity contribution < 1.29 is 19.4 Å². The number of hydrogen-bond donors (Lipinski definition) is 1. The van der Waals surface area contributed by atoms with E-state index in [0.29, 0.717) is 5.75 Å². The van der Waals surface area contributed by atoms with Crippen LogP contribution in [0, 0.1) is 5.92 Å². The molecule has 2 unspecified atom stereocenters. The molecule has 1 saturated heterocycles. The van der Waals surface area contributed by atoms with Gasteiger partial charge in [-0.25, -0.2) is 4.79 Å². The molecule has 2 atom stereocenters. The highest BCUT2D eigenvalue weighted by molar-refractivity contribution is 8.00. The quantitative estimate of drug-likeness (QED) is 0.790. The number of methoxy groups -OCH3 is 1. The Morgan fingerprint density at radius 3 is 2.62 bits per heavy atom. The van der Waals surface area contributed by atoms with Crippen molar-refractivity contribution in [3.05, 3.63) is 0 Å². The summed E-state index contributed by atoms with van der Waals surface area (Å²) in [4.78, 5) is 24.3. The number of carbonyl (C=O) groups excluding carboxylic acids is 1. The van der Waals surface area contributed by atoms with Crippen molar-refractivity contribution in [2.24, 2.45) is 5.92 Å². The van der Waals surface area contributed by atoms with Gasteiger partial charge in [0.15, 0.2) is 0 Å². The Bertz CT molecular complexity index is 282. The molecule has 0 saturated carbocycles. The molecule has 0 aromatic heterocycles. The molecule has 0 radical (unpaired) electrons. The van der Waals surface area contributed by atoms with Gasteiger partial charge in [0.05, 0.1) is 5.37 Å². The fourth-order valence-corrected chi connectivity index (χ4v) is 3.24. The van der Waals surface area contributed by atoms with Gasteiger partial charge in [-0.3, -0.25) is 4.79 Å². The van der Waals surface area contributed by atoms with Gasteiger partial charge in [-0.15, -0.1) is 11.8 Å². The average molecular weight is 247 g/mol. The summed E-state index contributed by atoms with van der Waals surface area (Å²) < 4.78 is 4.78. The molecule has 16 heavy (non-hydrogen) atoms. The molecule has 1 aliphatic rings. The molecule has 0 spiro atoms. The van der Waals surface area contributed by atoms with Crippen molar-refractivity contribution in [1.82, 2.24) is 4.90 Å². The Morgan fingerprint density at radius 2 is 2.19 bits per heavy atom. The molecule has 0 aromatic rings. The minimum atomic E-state index is -0.944. The highest BCUT2D eigenvalue weighted by Crippen LogP contribution is 2.34. The van der Waals surface area contributed by atoms with Crippen LogP contribution < -0.4 is 0 Å². The third kappa shape index (κ3) is 2.68. The van der Waals surface area contributed by atoms with E-state index in [9.17, 15) is 9.59 Å². The van der Waals surface area contributed by atoms with E-state index >= 15 is 0 Å². The van der Waals surface area contributed by atoms with Crippen LogP contribution in [0.3, 0.4) is 0 Å². The third-order valence-corrected chi connectivity index (χ3v) is 4.07. The normalized spacial score (nSPS) is 25.1. The van der Waals surface area contributed by atoms with E-state index in [2.05, 4.69) is 0 Å². The van der Waals surface area contributed by atoms with Crippen LogP contribution in [0.2, 0.25) is 0 Å². The van der Waals surface area contributed by atoms with Crippen molar-refractivity contribution in [2.45, 2.75) is 25.3 Å². The highest BCUT2D eigenvalue weighted by Gasteiger charge is 2.42. The van der Waals surface area contributed by atoms with E-state index in [4.69, 9.17) is 9.84 Å². The van der Waals surface area contributed by atoms with E-state index < -0.39 is 12.0 Å². The molecule has 1 aliphatic heterocycles. The van der Waals surface area contributed by atoms with Gasteiger partial charge >= 0.3 is 5.97 Å². The van der Waals surface area contributed by atoms with Crippen molar-refractivity contribution in [1.29, 1.82) is 0 Å². The van der Waals surface area contributed by atoms with Crippen molar-refractivity contribution in [3.63, 3.8) is 0 Å². The molecule has 5 nitrogen and oxygen atoms in total. The zero-order valence-electron chi connectivity index (χ0n) is 9.67. The summed E-state index contributed by atoms with van der Waals surface area (Å²) in [7, 11) is 1.43. The predicted octanol–water partition coefficient (Wildman–Crippen LogP) is 0.643. The first-order chi connectivity index (χ1) is 7.49. The van der Waals surface area contributed by atoms with Gasteiger partial charge in [-0.1, -0.05) is 13.8 Å². The summed E-state index contributed by atoms with van der Waals surface area (Å²) in [6.45, 7) is 3.90. The summed E-state index contributed by atoms with van der Waals surface area (Å²) in [5.41, 5.74) is 0. The lowest BCUT2D eigenvalue weighted by Crippen LogP contribution is -2.48. The number of aliphatic carboxylic acids is 1. The second-order valence-electron chi connectivity index (χ2n) is 4.06. The Hall–Kier alpha value is -0.750. The molecule has 1 amide bonds.